The van der Waals surface area contributed by atoms with E-state index in [0.29, 0.717) is 12.2 Å². The molecule has 0 saturated heterocycles. The summed E-state index contributed by atoms with van der Waals surface area (Å²) in [6, 6.07) is 9.73. The van der Waals surface area contributed by atoms with Gasteiger partial charge in [-0.2, -0.15) is 0 Å². The Morgan fingerprint density at radius 3 is 2.86 bits per heavy atom. The van der Waals surface area contributed by atoms with Crippen LogP contribution in [0.1, 0.15) is 16.1 Å². The number of hydrogen-bond acceptors (Lipinski definition) is 5. The molecule has 2 aromatic rings. The Bertz CT molecular complexity index is 673. The molecule has 7 heteroatoms. The van der Waals surface area contributed by atoms with Crippen molar-refractivity contribution in [2.75, 3.05) is 12.4 Å². The summed E-state index contributed by atoms with van der Waals surface area (Å²) in [5.74, 6) is -0.269. The summed E-state index contributed by atoms with van der Waals surface area (Å²) < 4.78 is 0. The number of nitrogens with zero attached hydrogens (tertiary/aromatic N) is 2. The molecule has 0 bridgehead atoms. The molecule has 2 rings (SSSR count). The van der Waals surface area contributed by atoms with Crippen molar-refractivity contribution < 1.29 is 9.72 Å². The lowest BCUT2D eigenvalue weighted by Crippen LogP contribution is -2.19. The maximum Gasteiger partial charge on any atom is 0.269 e. The van der Waals surface area contributed by atoms with Gasteiger partial charge in [-0.3, -0.25) is 19.9 Å². The number of benzene rings is 1. The zero-order valence-electron chi connectivity index (χ0n) is 11.4. The van der Waals surface area contributed by atoms with Gasteiger partial charge in [0.2, 0.25) is 0 Å². The molecule has 1 amide bonds. The van der Waals surface area contributed by atoms with Gasteiger partial charge >= 0.3 is 0 Å². The number of non-ortho nitro benzene ring substituents is 1. The van der Waals surface area contributed by atoms with Gasteiger partial charge in [0.15, 0.2) is 0 Å². The quantitative estimate of drug-likeness (QED) is 0.647. The van der Waals surface area contributed by atoms with Crippen LogP contribution >= 0.6 is 0 Å². The molecule has 0 aliphatic rings. The molecule has 2 N–H and O–H groups in total. The lowest BCUT2D eigenvalue weighted by atomic mass is 10.2. The van der Waals surface area contributed by atoms with Crippen LogP contribution in [0.2, 0.25) is 0 Å². The average molecular weight is 286 g/mol. The topological polar surface area (TPSA) is 97.2 Å². The van der Waals surface area contributed by atoms with E-state index in [0.717, 1.165) is 11.3 Å². The van der Waals surface area contributed by atoms with Crippen LogP contribution in [-0.2, 0) is 6.54 Å². The Hall–Kier alpha value is -2.96. The molecule has 0 spiro atoms. The minimum atomic E-state index is -0.431. The number of nitro benzene ring substituents is 1. The molecule has 21 heavy (non-hydrogen) atoms. The number of anilines is 1. The second-order valence-electron chi connectivity index (χ2n) is 4.29. The van der Waals surface area contributed by atoms with E-state index in [4.69, 9.17) is 0 Å². The summed E-state index contributed by atoms with van der Waals surface area (Å²) in [6.45, 7) is 0.416. The van der Waals surface area contributed by atoms with E-state index in [1.807, 2.05) is 0 Å². The van der Waals surface area contributed by atoms with Gasteiger partial charge in [0.05, 0.1) is 4.92 Å². The molecule has 0 aliphatic carbocycles. The van der Waals surface area contributed by atoms with Gasteiger partial charge in [-0.05, 0) is 17.7 Å². The van der Waals surface area contributed by atoms with Crippen LogP contribution in [0.15, 0.2) is 42.6 Å². The van der Waals surface area contributed by atoms with Crippen LogP contribution in [0.3, 0.4) is 0 Å². The fourth-order valence-electron chi connectivity index (χ4n) is 1.78. The third-order valence-corrected chi connectivity index (χ3v) is 2.84. The fraction of sp³-hybridized carbons (Fsp3) is 0.143. The molecule has 7 nitrogen and oxygen atoms in total. The smallest absolute Gasteiger partial charge is 0.269 e. The summed E-state index contributed by atoms with van der Waals surface area (Å²) in [7, 11) is 1.53. The molecular formula is C14H14N4O3. The third kappa shape index (κ3) is 3.75. The Kier molecular flexibility index (Phi) is 4.45. The number of nitro groups is 1. The second kappa shape index (κ2) is 6.47. The van der Waals surface area contributed by atoms with Gasteiger partial charge in [0.1, 0.15) is 5.69 Å². The molecule has 1 aromatic heterocycles. The largest absolute Gasteiger partial charge is 0.381 e. The first-order valence-electron chi connectivity index (χ1n) is 6.25. The van der Waals surface area contributed by atoms with Crippen LogP contribution in [0, 0.1) is 10.1 Å². The maximum atomic E-state index is 11.5. The van der Waals surface area contributed by atoms with E-state index in [9.17, 15) is 14.9 Å². The minimum absolute atomic E-state index is 0.0510. The van der Waals surface area contributed by atoms with Crippen molar-refractivity contribution in [3.8, 4) is 0 Å². The van der Waals surface area contributed by atoms with Crippen molar-refractivity contribution in [1.82, 2.24) is 10.3 Å². The van der Waals surface area contributed by atoms with Gasteiger partial charge in [-0.1, -0.05) is 12.1 Å². The number of pyridine rings is 1. The Labute approximate surface area is 121 Å². The highest BCUT2D eigenvalue weighted by Gasteiger charge is 2.07. The summed E-state index contributed by atoms with van der Waals surface area (Å²) in [6.07, 6.45) is 1.53. The molecule has 0 aliphatic heterocycles. The standard InChI is InChI=1S/C14H14N4O3/c1-15-14(19)13-8-11(5-6-16-13)17-9-10-3-2-4-12(7-10)18(20)21/h2-8H,9H2,1H3,(H,15,19)(H,16,17). The molecule has 0 radical (unpaired) electrons. The van der Waals surface area contributed by atoms with Crippen molar-refractivity contribution >= 4 is 17.3 Å². The number of carbonyl (C=O) groups excluding carboxylic acids is 1. The van der Waals surface area contributed by atoms with Crippen molar-refractivity contribution in [2.45, 2.75) is 6.54 Å². The third-order valence-electron chi connectivity index (χ3n) is 2.84. The average Bonchev–Trinajstić information content (AvgIpc) is 2.52. The zero-order valence-corrected chi connectivity index (χ0v) is 11.4. The van der Waals surface area contributed by atoms with Crippen LogP contribution < -0.4 is 10.6 Å². The van der Waals surface area contributed by atoms with Gasteiger partial charge in [-0.15, -0.1) is 0 Å². The summed E-state index contributed by atoms with van der Waals surface area (Å²) in [5.41, 5.74) is 1.86. The van der Waals surface area contributed by atoms with Crippen molar-refractivity contribution in [1.29, 1.82) is 0 Å². The second-order valence-corrected chi connectivity index (χ2v) is 4.29. The first kappa shape index (κ1) is 14.4. The molecule has 0 fully saturated rings. The molecule has 0 unspecified atom stereocenters. The van der Waals surface area contributed by atoms with Gasteiger partial charge in [-0.25, -0.2) is 0 Å². The van der Waals surface area contributed by atoms with Crippen LogP contribution in [-0.4, -0.2) is 22.9 Å². The normalized spacial score (nSPS) is 9.95. The predicted molar refractivity (Wildman–Crippen MR) is 78.1 cm³/mol. The molecule has 108 valence electrons. The van der Waals surface area contributed by atoms with Crippen molar-refractivity contribution in [2.24, 2.45) is 0 Å². The molecular weight excluding hydrogens is 272 g/mol. The Morgan fingerprint density at radius 1 is 1.33 bits per heavy atom. The molecule has 0 saturated carbocycles. The number of carbonyl (C=O) groups is 1. The predicted octanol–water partition coefficient (Wildman–Crippen LogP) is 1.96. The molecule has 1 heterocycles. The lowest BCUT2D eigenvalue weighted by Gasteiger charge is -2.07. The Balaban J connectivity index is 2.08. The van der Waals surface area contributed by atoms with Crippen molar-refractivity contribution in [3.63, 3.8) is 0 Å². The van der Waals surface area contributed by atoms with E-state index in [-0.39, 0.29) is 11.6 Å². The minimum Gasteiger partial charge on any atom is -0.381 e. The highest BCUT2D eigenvalue weighted by atomic mass is 16.6. The number of aromatic nitrogens is 1. The van der Waals surface area contributed by atoms with E-state index >= 15 is 0 Å². The fourth-order valence-corrected chi connectivity index (χ4v) is 1.78. The highest BCUT2D eigenvalue weighted by molar-refractivity contribution is 5.92. The highest BCUT2D eigenvalue weighted by Crippen LogP contribution is 2.15. The van der Waals surface area contributed by atoms with Gasteiger partial charge < -0.3 is 10.6 Å². The molecule has 1 aromatic carbocycles. The van der Waals surface area contributed by atoms with Gasteiger partial charge in [0.25, 0.3) is 11.6 Å². The van der Waals surface area contributed by atoms with Gasteiger partial charge in [0, 0.05) is 37.6 Å². The number of nitrogens with one attached hydrogen (secondary N) is 2. The monoisotopic (exact) mass is 286 g/mol. The Morgan fingerprint density at radius 2 is 2.14 bits per heavy atom. The number of rotatable bonds is 5. The lowest BCUT2D eigenvalue weighted by molar-refractivity contribution is -0.384. The summed E-state index contributed by atoms with van der Waals surface area (Å²) >= 11 is 0. The number of amides is 1. The zero-order chi connectivity index (χ0) is 15.2. The number of hydrogen-bond donors (Lipinski definition) is 2. The van der Waals surface area contributed by atoms with Crippen LogP contribution in [0.5, 0.6) is 0 Å². The summed E-state index contributed by atoms with van der Waals surface area (Å²) in [4.78, 5) is 25.7. The van der Waals surface area contributed by atoms with E-state index in [2.05, 4.69) is 15.6 Å². The van der Waals surface area contributed by atoms with Crippen molar-refractivity contribution in [3.05, 3.63) is 64.0 Å². The van der Waals surface area contributed by atoms with E-state index < -0.39 is 4.92 Å². The first-order valence-corrected chi connectivity index (χ1v) is 6.25. The van der Waals surface area contributed by atoms with E-state index in [1.165, 1.54) is 25.4 Å². The first-order chi connectivity index (χ1) is 10.1. The summed E-state index contributed by atoms with van der Waals surface area (Å²) in [5, 5.41) is 16.3. The van der Waals surface area contributed by atoms with E-state index in [1.54, 1.807) is 24.3 Å². The molecule has 0 atom stereocenters. The van der Waals surface area contributed by atoms with Crippen LogP contribution in [0.4, 0.5) is 11.4 Å². The SMILES string of the molecule is CNC(=O)c1cc(NCc2cccc([N+](=O)[O-])c2)ccn1. The van der Waals surface area contributed by atoms with Crippen LogP contribution in [0.25, 0.3) is 0 Å². The maximum absolute atomic E-state index is 11.5.